The molecule has 358 valence electrons. The van der Waals surface area contributed by atoms with Crippen molar-refractivity contribution in [3.05, 3.63) is 122 Å². The number of rotatable bonds is 42. The number of hydrogen-bond donors (Lipinski definition) is 2. The summed E-state index contributed by atoms with van der Waals surface area (Å²) in [5.41, 5.74) is 0. The third kappa shape index (κ3) is 46.7. The number of hydrogen-bond acceptors (Lipinski definition) is 6. The second-order valence-corrected chi connectivity index (χ2v) is 18.4. The van der Waals surface area contributed by atoms with E-state index in [2.05, 4.69) is 129 Å². The van der Waals surface area contributed by atoms with Gasteiger partial charge in [-0.05, 0) is 96.3 Å². The molecular formula is C54H91N2O6P. The number of amides is 1. The van der Waals surface area contributed by atoms with Gasteiger partial charge in [0.2, 0.25) is 5.91 Å². The Morgan fingerprint density at radius 3 is 1.41 bits per heavy atom. The van der Waals surface area contributed by atoms with E-state index < -0.39 is 26.6 Å². The van der Waals surface area contributed by atoms with Gasteiger partial charge >= 0.3 is 0 Å². The second kappa shape index (κ2) is 44.1. The first-order chi connectivity index (χ1) is 30.5. The predicted molar refractivity (Wildman–Crippen MR) is 269 cm³/mol. The first-order valence-corrected chi connectivity index (χ1v) is 25.9. The summed E-state index contributed by atoms with van der Waals surface area (Å²) in [6.07, 6.45) is 65.6. The summed E-state index contributed by atoms with van der Waals surface area (Å²) in [5.74, 6) is -0.228. The Balaban J connectivity index is 4.20. The number of phosphoric ester groups is 1. The SMILES string of the molecule is CC/C=C\C/C=C\C/C=C\C/C=C\C/C=C\C/C=C\C/C=C\CCCCCCCCCCCC(=O)NC(COP(=O)([O-])OCC[N+](C)(C)C)C(O)/C=C/CC/C=C/CC/C=C/CC. The molecule has 0 spiro atoms. The average Bonchev–Trinajstić information content (AvgIpc) is 3.24. The second-order valence-electron chi connectivity index (χ2n) is 17.0. The van der Waals surface area contributed by atoms with Gasteiger partial charge in [-0.1, -0.05) is 180 Å². The minimum atomic E-state index is -4.61. The van der Waals surface area contributed by atoms with Crippen molar-refractivity contribution < 1.29 is 32.9 Å². The molecule has 0 aromatic rings. The number of allylic oxidation sites excluding steroid dienone is 19. The Kier molecular flexibility index (Phi) is 41.9. The summed E-state index contributed by atoms with van der Waals surface area (Å²) >= 11 is 0. The van der Waals surface area contributed by atoms with Crippen LogP contribution in [0.3, 0.4) is 0 Å². The van der Waals surface area contributed by atoms with Crippen molar-refractivity contribution in [2.24, 2.45) is 0 Å². The lowest BCUT2D eigenvalue weighted by Crippen LogP contribution is -2.45. The molecule has 0 aliphatic heterocycles. The van der Waals surface area contributed by atoms with Crippen LogP contribution in [0, 0.1) is 0 Å². The van der Waals surface area contributed by atoms with E-state index in [1.807, 2.05) is 27.2 Å². The van der Waals surface area contributed by atoms with Gasteiger partial charge in [0.15, 0.2) is 0 Å². The topological polar surface area (TPSA) is 108 Å². The molecule has 0 saturated heterocycles. The van der Waals surface area contributed by atoms with E-state index in [1.54, 1.807) is 6.08 Å². The highest BCUT2D eigenvalue weighted by Crippen LogP contribution is 2.38. The van der Waals surface area contributed by atoms with Gasteiger partial charge in [-0.2, -0.15) is 0 Å². The van der Waals surface area contributed by atoms with Crippen LogP contribution in [-0.4, -0.2) is 68.5 Å². The third-order valence-corrected chi connectivity index (χ3v) is 10.9. The molecule has 63 heavy (non-hydrogen) atoms. The Hall–Kier alpha value is -3.10. The van der Waals surface area contributed by atoms with E-state index in [1.165, 1.54) is 32.1 Å². The molecule has 8 nitrogen and oxygen atoms in total. The monoisotopic (exact) mass is 895 g/mol. The van der Waals surface area contributed by atoms with E-state index >= 15 is 0 Å². The Bertz CT molecular complexity index is 1430. The fourth-order valence-corrected chi connectivity index (χ4v) is 6.83. The van der Waals surface area contributed by atoms with E-state index in [4.69, 9.17) is 9.05 Å². The van der Waals surface area contributed by atoms with Crippen LogP contribution in [0.25, 0.3) is 0 Å². The quantitative estimate of drug-likeness (QED) is 0.0273. The van der Waals surface area contributed by atoms with Gasteiger partial charge in [0.25, 0.3) is 7.82 Å². The largest absolute Gasteiger partial charge is 0.756 e. The molecule has 0 aromatic carbocycles. The molecule has 0 rings (SSSR count). The third-order valence-electron chi connectivity index (χ3n) is 9.89. The van der Waals surface area contributed by atoms with Crippen molar-refractivity contribution in [2.45, 2.75) is 174 Å². The molecule has 3 unspecified atom stereocenters. The van der Waals surface area contributed by atoms with Gasteiger partial charge in [0.1, 0.15) is 13.2 Å². The van der Waals surface area contributed by atoms with Crippen LogP contribution in [0.1, 0.15) is 162 Å². The van der Waals surface area contributed by atoms with Gasteiger partial charge in [0, 0.05) is 6.42 Å². The molecule has 3 atom stereocenters. The normalized spacial score (nSPS) is 15.2. The van der Waals surface area contributed by atoms with Gasteiger partial charge in [0.05, 0.1) is 39.9 Å². The van der Waals surface area contributed by atoms with Crippen molar-refractivity contribution in [2.75, 3.05) is 40.9 Å². The zero-order valence-electron chi connectivity index (χ0n) is 40.5. The molecular weight excluding hydrogens is 804 g/mol. The van der Waals surface area contributed by atoms with Crippen molar-refractivity contribution in [3.63, 3.8) is 0 Å². The molecule has 0 aliphatic carbocycles. The van der Waals surface area contributed by atoms with Crippen LogP contribution in [0.5, 0.6) is 0 Å². The molecule has 0 aliphatic rings. The van der Waals surface area contributed by atoms with Gasteiger partial charge < -0.3 is 28.8 Å². The number of carbonyl (C=O) groups is 1. The van der Waals surface area contributed by atoms with E-state index in [-0.39, 0.29) is 12.5 Å². The van der Waals surface area contributed by atoms with Crippen LogP contribution >= 0.6 is 7.82 Å². The van der Waals surface area contributed by atoms with Crippen LogP contribution in [0.4, 0.5) is 0 Å². The van der Waals surface area contributed by atoms with Crippen LogP contribution in [0.15, 0.2) is 122 Å². The average molecular weight is 895 g/mol. The molecule has 1 amide bonds. The smallest absolute Gasteiger partial charge is 0.268 e. The fourth-order valence-electron chi connectivity index (χ4n) is 6.11. The van der Waals surface area contributed by atoms with Crippen molar-refractivity contribution in [1.82, 2.24) is 5.32 Å². The predicted octanol–water partition coefficient (Wildman–Crippen LogP) is 13.6. The maximum absolute atomic E-state index is 12.9. The number of likely N-dealkylation sites (N-methyl/N-ethyl adjacent to an activating group) is 1. The maximum Gasteiger partial charge on any atom is 0.268 e. The number of nitrogens with zero attached hydrogens (tertiary/aromatic N) is 1. The summed E-state index contributed by atoms with van der Waals surface area (Å²) in [7, 11) is 1.21. The lowest BCUT2D eigenvalue weighted by atomic mass is 10.1. The van der Waals surface area contributed by atoms with E-state index in [9.17, 15) is 19.4 Å². The first kappa shape index (κ1) is 59.9. The number of nitrogens with one attached hydrogen (secondary N) is 1. The minimum absolute atomic E-state index is 0.0173. The standard InChI is InChI=1S/C54H91N2O6P/c1-6-8-10-12-14-16-18-19-20-21-22-23-24-25-26-27-28-29-30-31-32-33-34-35-36-37-38-40-42-44-46-48-54(58)55-52(51-62-63(59,60)61-50-49-56(3,4)5)53(57)47-45-43-41-39-17-15-13-11-9-7-2/h8-11,14,16-17,19-20,22-23,25-26,28-29,31-32,39,45,47,52-53,57H,6-7,12-13,15,18,21,24,27,30,33-38,40-44,46,48-51H2,1-5H3,(H-,55,58,59,60)/b10-8-,11-9+,16-14-,20-19-,23-22-,26-25-,29-28-,32-31-,39-17+,47-45+. The Morgan fingerprint density at radius 1 is 0.556 bits per heavy atom. The summed E-state index contributed by atoms with van der Waals surface area (Å²) in [5, 5.41) is 13.7. The molecule has 0 radical (unpaired) electrons. The van der Waals surface area contributed by atoms with Crippen molar-refractivity contribution in [3.8, 4) is 0 Å². The van der Waals surface area contributed by atoms with Crippen molar-refractivity contribution in [1.29, 1.82) is 0 Å². The first-order valence-electron chi connectivity index (χ1n) is 24.4. The summed E-state index contributed by atoms with van der Waals surface area (Å²) in [6, 6.07) is -0.919. The fraction of sp³-hybridized carbons (Fsp3) is 0.611. The summed E-state index contributed by atoms with van der Waals surface area (Å²) in [4.78, 5) is 25.3. The lowest BCUT2D eigenvalue weighted by molar-refractivity contribution is -0.870. The summed E-state index contributed by atoms with van der Waals surface area (Å²) in [6.45, 7) is 4.34. The number of unbranched alkanes of at least 4 members (excludes halogenated alkanes) is 11. The van der Waals surface area contributed by atoms with Crippen LogP contribution in [0.2, 0.25) is 0 Å². The molecule has 0 saturated carbocycles. The zero-order valence-corrected chi connectivity index (χ0v) is 41.4. The Morgan fingerprint density at radius 2 is 0.937 bits per heavy atom. The van der Waals surface area contributed by atoms with E-state index in [0.29, 0.717) is 17.4 Å². The minimum Gasteiger partial charge on any atom is -0.756 e. The molecule has 0 aromatic heterocycles. The molecule has 9 heteroatoms. The maximum atomic E-state index is 12.9. The highest BCUT2D eigenvalue weighted by Gasteiger charge is 2.23. The van der Waals surface area contributed by atoms with Gasteiger partial charge in [-0.15, -0.1) is 0 Å². The van der Waals surface area contributed by atoms with Crippen LogP contribution < -0.4 is 10.2 Å². The highest BCUT2D eigenvalue weighted by atomic mass is 31.2. The lowest BCUT2D eigenvalue weighted by Gasteiger charge is -2.29. The molecule has 0 heterocycles. The van der Waals surface area contributed by atoms with Gasteiger partial charge in [-0.25, -0.2) is 0 Å². The highest BCUT2D eigenvalue weighted by molar-refractivity contribution is 7.45. The van der Waals surface area contributed by atoms with Gasteiger partial charge in [-0.3, -0.25) is 9.36 Å². The number of carbonyl (C=O) groups excluding carboxylic acids is 1. The molecule has 0 bridgehead atoms. The molecule has 2 N–H and O–H groups in total. The van der Waals surface area contributed by atoms with E-state index in [0.717, 1.165) is 109 Å². The summed E-state index contributed by atoms with van der Waals surface area (Å²) < 4.78 is 23.1. The number of aliphatic hydroxyl groups is 1. The Labute approximate surface area is 386 Å². The number of aliphatic hydroxyl groups excluding tert-OH is 1. The number of phosphoric acid groups is 1. The molecule has 0 fully saturated rings. The van der Waals surface area contributed by atoms with Crippen molar-refractivity contribution >= 4 is 13.7 Å². The van der Waals surface area contributed by atoms with Crippen LogP contribution in [-0.2, 0) is 18.4 Å². The zero-order chi connectivity index (χ0) is 46.4. The number of quaternary nitrogens is 1.